The summed E-state index contributed by atoms with van der Waals surface area (Å²) in [7, 11) is 0. The van der Waals surface area contributed by atoms with Gasteiger partial charge in [-0.1, -0.05) is 0 Å². The number of hydrogen-bond acceptors (Lipinski definition) is 6. The van der Waals surface area contributed by atoms with Gasteiger partial charge in [0.2, 0.25) is 0 Å². The maximum absolute atomic E-state index is 11.7. The molecule has 0 atom stereocenters. The second-order valence-corrected chi connectivity index (χ2v) is 7.14. The number of nitrogens with one attached hydrogen (secondary N) is 3. The largest absolute Gasteiger partial charge is 0.368 e. The first-order chi connectivity index (χ1) is 14.7. The van der Waals surface area contributed by atoms with Gasteiger partial charge in [0.25, 0.3) is 0 Å². The fourth-order valence-electron chi connectivity index (χ4n) is 3.50. The van der Waals surface area contributed by atoms with Crippen LogP contribution in [0, 0.1) is 0 Å². The number of H-pyrrole nitrogens is 1. The molecule has 1 saturated heterocycles. The predicted molar refractivity (Wildman–Crippen MR) is 116 cm³/mol. The highest BCUT2D eigenvalue weighted by Gasteiger charge is 2.18. The van der Waals surface area contributed by atoms with Crippen LogP contribution in [-0.2, 0) is 6.54 Å². The molecule has 3 aromatic heterocycles. The van der Waals surface area contributed by atoms with Crippen molar-refractivity contribution in [1.29, 1.82) is 0 Å². The fourth-order valence-corrected chi connectivity index (χ4v) is 3.50. The molecule has 9 nitrogen and oxygen atoms in total. The third kappa shape index (κ3) is 4.93. The molecule has 0 aliphatic carbocycles. The van der Waals surface area contributed by atoms with E-state index in [1.165, 1.54) is 0 Å². The maximum Gasteiger partial charge on any atom is 0.320 e. The first kappa shape index (κ1) is 19.8. The summed E-state index contributed by atoms with van der Waals surface area (Å²) >= 11 is 0. The fraction of sp³-hybridized carbons (Fsp3) is 0.333. The number of piperazine rings is 1. The molecule has 156 valence electrons. The monoisotopic (exact) mass is 406 g/mol. The first-order valence-corrected chi connectivity index (χ1v) is 10.1. The van der Waals surface area contributed by atoms with Crippen LogP contribution >= 0.6 is 0 Å². The van der Waals surface area contributed by atoms with E-state index in [2.05, 4.69) is 46.4 Å². The number of carbonyl (C=O) groups excluding carboxylic acids is 1. The van der Waals surface area contributed by atoms with Gasteiger partial charge in [0.05, 0.1) is 11.9 Å². The predicted octanol–water partition coefficient (Wildman–Crippen LogP) is 2.33. The lowest BCUT2D eigenvalue weighted by atomic mass is 10.2. The van der Waals surface area contributed by atoms with E-state index >= 15 is 0 Å². The molecule has 9 heteroatoms. The Hall–Kier alpha value is -3.46. The Balaban J connectivity index is 1.30. The molecule has 0 spiro atoms. The highest BCUT2D eigenvalue weighted by molar-refractivity contribution is 5.88. The van der Waals surface area contributed by atoms with Gasteiger partial charge in [0.1, 0.15) is 11.5 Å². The number of aromatic nitrogens is 4. The topological polar surface area (TPSA) is 102 Å². The molecule has 1 aliphatic heterocycles. The zero-order valence-electron chi connectivity index (χ0n) is 17.0. The number of imidazole rings is 1. The van der Waals surface area contributed by atoms with Crippen molar-refractivity contribution in [3.63, 3.8) is 0 Å². The third-order valence-corrected chi connectivity index (χ3v) is 5.04. The number of amides is 2. The second kappa shape index (κ2) is 9.36. The number of nitrogens with zero attached hydrogens (tertiary/aromatic N) is 5. The molecule has 4 rings (SSSR count). The van der Waals surface area contributed by atoms with Crippen molar-refractivity contribution in [1.82, 2.24) is 30.2 Å². The van der Waals surface area contributed by atoms with Crippen LogP contribution in [0.5, 0.6) is 0 Å². The van der Waals surface area contributed by atoms with E-state index in [1.54, 1.807) is 18.6 Å². The van der Waals surface area contributed by atoms with Crippen LogP contribution in [0.3, 0.4) is 0 Å². The van der Waals surface area contributed by atoms with Gasteiger partial charge in [-0.05, 0) is 36.8 Å². The van der Waals surface area contributed by atoms with E-state index in [-0.39, 0.29) is 6.03 Å². The summed E-state index contributed by atoms with van der Waals surface area (Å²) in [5.41, 5.74) is 3.11. The summed E-state index contributed by atoms with van der Waals surface area (Å²) in [4.78, 5) is 32.5. The molecule has 0 radical (unpaired) electrons. The van der Waals surface area contributed by atoms with Crippen molar-refractivity contribution in [3.05, 3.63) is 54.6 Å². The average Bonchev–Trinajstić information content (AvgIpc) is 3.30. The van der Waals surface area contributed by atoms with E-state index in [1.807, 2.05) is 31.3 Å². The molecule has 0 bridgehead atoms. The van der Waals surface area contributed by atoms with E-state index in [4.69, 9.17) is 0 Å². The molecule has 3 N–H and O–H groups in total. The smallest absolute Gasteiger partial charge is 0.320 e. The van der Waals surface area contributed by atoms with Crippen LogP contribution in [0.15, 0.2) is 49.1 Å². The number of rotatable bonds is 6. The van der Waals surface area contributed by atoms with Crippen molar-refractivity contribution in [2.45, 2.75) is 13.5 Å². The third-order valence-electron chi connectivity index (χ3n) is 5.04. The summed E-state index contributed by atoms with van der Waals surface area (Å²) in [6.45, 7) is 7.09. The molecule has 0 saturated carbocycles. The summed E-state index contributed by atoms with van der Waals surface area (Å²) in [6, 6.07) is 7.79. The summed E-state index contributed by atoms with van der Waals surface area (Å²) in [5, 5.41) is 5.47. The minimum Gasteiger partial charge on any atom is -0.368 e. The molecular weight excluding hydrogens is 380 g/mol. The average molecular weight is 406 g/mol. The van der Waals surface area contributed by atoms with Crippen molar-refractivity contribution >= 4 is 17.5 Å². The van der Waals surface area contributed by atoms with E-state index in [0.717, 1.165) is 55.5 Å². The minimum absolute atomic E-state index is 0.234. The number of hydrogen-bond donors (Lipinski definition) is 3. The van der Waals surface area contributed by atoms with Crippen LogP contribution in [-0.4, -0.2) is 63.6 Å². The number of aromatic amines is 1. The van der Waals surface area contributed by atoms with Gasteiger partial charge >= 0.3 is 6.03 Å². The van der Waals surface area contributed by atoms with Crippen LogP contribution in [0.2, 0.25) is 0 Å². The standard InChI is InChI=1S/C21H26N8O/c1-2-22-21(30)27-19-13-16(5-6-23-19)15-28-9-11-29(12-10-28)17-3-4-18(26-14-17)20-24-7-8-25-20/h3-8,13-14H,2,9-12,15H2,1H3,(H,24,25)(H2,22,23,27,30). The van der Waals surface area contributed by atoms with Gasteiger partial charge in [-0.25, -0.2) is 14.8 Å². The quantitative estimate of drug-likeness (QED) is 0.581. The van der Waals surface area contributed by atoms with Crippen molar-refractivity contribution < 1.29 is 4.79 Å². The van der Waals surface area contributed by atoms with E-state index in [9.17, 15) is 4.79 Å². The Morgan fingerprint density at radius 2 is 1.97 bits per heavy atom. The highest BCUT2D eigenvalue weighted by Crippen LogP contribution is 2.20. The normalized spacial score (nSPS) is 14.5. The van der Waals surface area contributed by atoms with Crippen molar-refractivity contribution in [2.24, 2.45) is 0 Å². The molecule has 30 heavy (non-hydrogen) atoms. The summed E-state index contributed by atoms with van der Waals surface area (Å²) in [5.74, 6) is 1.35. The second-order valence-electron chi connectivity index (χ2n) is 7.14. The first-order valence-electron chi connectivity index (χ1n) is 10.1. The van der Waals surface area contributed by atoms with Crippen molar-refractivity contribution in [3.8, 4) is 11.5 Å². The van der Waals surface area contributed by atoms with E-state index < -0.39 is 0 Å². The molecule has 0 aromatic carbocycles. The molecule has 4 heterocycles. The van der Waals surface area contributed by atoms with E-state index in [0.29, 0.717) is 12.4 Å². The lowest BCUT2D eigenvalue weighted by molar-refractivity contribution is 0.249. The summed E-state index contributed by atoms with van der Waals surface area (Å²) in [6.07, 6.45) is 7.17. The SMILES string of the molecule is CCNC(=O)Nc1cc(CN2CCN(c3ccc(-c4ncc[nH]4)nc3)CC2)ccn1. The van der Waals surface area contributed by atoms with Crippen LogP contribution in [0.1, 0.15) is 12.5 Å². The Morgan fingerprint density at radius 1 is 1.10 bits per heavy atom. The number of carbonyl (C=O) groups is 1. The van der Waals surface area contributed by atoms with Gasteiger partial charge in [0, 0.05) is 57.9 Å². The van der Waals surface area contributed by atoms with Gasteiger partial charge in [-0.2, -0.15) is 0 Å². The van der Waals surface area contributed by atoms with Crippen LogP contribution < -0.4 is 15.5 Å². The zero-order chi connectivity index (χ0) is 20.8. The van der Waals surface area contributed by atoms with Gasteiger partial charge < -0.3 is 15.2 Å². The Labute approximate surface area is 175 Å². The summed E-state index contributed by atoms with van der Waals surface area (Å²) < 4.78 is 0. The Morgan fingerprint density at radius 3 is 2.67 bits per heavy atom. The molecule has 0 unspecified atom stereocenters. The Bertz CT molecular complexity index is 949. The molecule has 1 fully saturated rings. The molecule has 2 amide bonds. The lowest BCUT2D eigenvalue weighted by Crippen LogP contribution is -2.46. The van der Waals surface area contributed by atoms with Crippen molar-refractivity contribution in [2.75, 3.05) is 42.9 Å². The van der Waals surface area contributed by atoms with Gasteiger partial charge in [-0.3, -0.25) is 15.2 Å². The maximum atomic E-state index is 11.7. The minimum atomic E-state index is -0.234. The van der Waals surface area contributed by atoms with Gasteiger partial charge in [0.15, 0.2) is 5.82 Å². The molecule has 3 aromatic rings. The zero-order valence-corrected chi connectivity index (χ0v) is 17.0. The van der Waals surface area contributed by atoms with Crippen LogP contribution in [0.4, 0.5) is 16.3 Å². The Kier molecular flexibility index (Phi) is 6.19. The highest BCUT2D eigenvalue weighted by atomic mass is 16.2. The lowest BCUT2D eigenvalue weighted by Gasteiger charge is -2.36. The number of anilines is 2. The molecule has 1 aliphatic rings. The number of urea groups is 1. The van der Waals surface area contributed by atoms with Crippen LogP contribution in [0.25, 0.3) is 11.5 Å². The van der Waals surface area contributed by atoms with Gasteiger partial charge in [-0.15, -0.1) is 0 Å². The molecular formula is C21H26N8O. The number of pyridine rings is 2.